The molecule has 0 bridgehead atoms. The molecule has 0 aliphatic carbocycles. The second-order valence-electron chi connectivity index (χ2n) is 4.88. The fourth-order valence-electron chi connectivity index (χ4n) is 1.98. The Kier molecular flexibility index (Phi) is 4.97. The van der Waals surface area contributed by atoms with E-state index in [-0.39, 0.29) is 0 Å². The quantitative estimate of drug-likeness (QED) is 0.816. The standard InChI is InChI=1S/C14H24N2/c1-11-6-7-12(2)13(8-11)9-14(15-3)10-16(4)5/h6-8,14-15H,9-10H2,1-5H3. The maximum Gasteiger partial charge on any atom is 0.0232 e. The van der Waals surface area contributed by atoms with E-state index < -0.39 is 0 Å². The lowest BCUT2D eigenvalue weighted by Gasteiger charge is -2.21. The number of nitrogens with one attached hydrogen (secondary N) is 1. The van der Waals surface area contributed by atoms with Gasteiger partial charge in [0, 0.05) is 12.6 Å². The minimum Gasteiger partial charge on any atom is -0.315 e. The Morgan fingerprint density at radius 3 is 2.50 bits per heavy atom. The first-order chi connectivity index (χ1) is 7.52. The molecule has 1 aromatic rings. The van der Waals surface area contributed by atoms with Crippen LogP contribution in [0.4, 0.5) is 0 Å². The van der Waals surface area contributed by atoms with Crippen molar-refractivity contribution in [3.63, 3.8) is 0 Å². The van der Waals surface area contributed by atoms with Crippen LogP contribution in [0.15, 0.2) is 18.2 Å². The van der Waals surface area contributed by atoms with Crippen molar-refractivity contribution in [3.8, 4) is 0 Å². The lowest BCUT2D eigenvalue weighted by atomic mass is 9.99. The third kappa shape index (κ3) is 3.95. The molecule has 0 spiro atoms. The topological polar surface area (TPSA) is 15.3 Å². The van der Waals surface area contributed by atoms with Crippen molar-refractivity contribution >= 4 is 0 Å². The van der Waals surface area contributed by atoms with Crippen LogP contribution in [-0.2, 0) is 6.42 Å². The molecular weight excluding hydrogens is 196 g/mol. The Balaban J connectivity index is 2.73. The Morgan fingerprint density at radius 2 is 1.94 bits per heavy atom. The Morgan fingerprint density at radius 1 is 1.25 bits per heavy atom. The molecule has 0 heterocycles. The molecule has 2 heteroatoms. The molecule has 0 saturated heterocycles. The van der Waals surface area contributed by atoms with Gasteiger partial charge in [-0.3, -0.25) is 0 Å². The number of rotatable bonds is 5. The highest BCUT2D eigenvalue weighted by Gasteiger charge is 2.09. The molecule has 1 atom stereocenters. The average Bonchev–Trinajstić information content (AvgIpc) is 2.21. The minimum absolute atomic E-state index is 0.524. The van der Waals surface area contributed by atoms with Gasteiger partial charge >= 0.3 is 0 Å². The van der Waals surface area contributed by atoms with Crippen LogP contribution in [0, 0.1) is 13.8 Å². The van der Waals surface area contributed by atoms with Gasteiger partial charge in [0.1, 0.15) is 0 Å². The van der Waals surface area contributed by atoms with E-state index in [1.54, 1.807) is 0 Å². The number of hydrogen-bond acceptors (Lipinski definition) is 2. The predicted molar refractivity (Wildman–Crippen MR) is 71.0 cm³/mol. The highest BCUT2D eigenvalue weighted by Crippen LogP contribution is 2.13. The summed E-state index contributed by atoms with van der Waals surface area (Å²) >= 11 is 0. The van der Waals surface area contributed by atoms with Gasteiger partial charge in [0.2, 0.25) is 0 Å². The van der Waals surface area contributed by atoms with Crippen LogP contribution in [0.25, 0.3) is 0 Å². The van der Waals surface area contributed by atoms with Gasteiger partial charge in [0.15, 0.2) is 0 Å². The SMILES string of the molecule is CNC(Cc1cc(C)ccc1C)CN(C)C. The van der Waals surface area contributed by atoms with E-state index in [0.717, 1.165) is 13.0 Å². The summed E-state index contributed by atoms with van der Waals surface area (Å²) in [6.07, 6.45) is 1.10. The normalized spacial score (nSPS) is 13.1. The molecule has 2 nitrogen and oxygen atoms in total. The van der Waals surface area contributed by atoms with E-state index in [1.165, 1.54) is 16.7 Å². The first-order valence-electron chi connectivity index (χ1n) is 5.91. The summed E-state index contributed by atoms with van der Waals surface area (Å²) in [4.78, 5) is 2.23. The third-order valence-electron chi connectivity index (χ3n) is 2.96. The van der Waals surface area contributed by atoms with E-state index in [9.17, 15) is 0 Å². The zero-order chi connectivity index (χ0) is 12.1. The van der Waals surface area contributed by atoms with Gasteiger partial charge in [0.25, 0.3) is 0 Å². The van der Waals surface area contributed by atoms with Crippen LogP contribution in [0.2, 0.25) is 0 Å². The van der Waals surface area contributed by atoms with Crippen LogP contribution in [0.1, 0.15) is 16.7 Å². The zero-order valence-corrected chi connectivity index (χ0v) is 11.2. The number of likely N-dealkylation sites (N-methyl/N-ethyl adjacent to an activating group) is 2. The van der Waals surface area contributed by atoms with E-state index in [2.05, 4.69) is 56.4 Å². The Bertz CT molecular complexity index is 332. The van der Waals surface area contributed by atoms with E-state index in [0.29, 0.717) is 6.04 Å². The highest BCUT2D eigenvalue weighted by atomic mass is 15.1. The molecule has 0 radical (unpaired) electrons. The van der Waals surface area contributed by atoms with Crippen LogP contribution in [-0.4, -0.2) is 38.6 Å². The van der Waals surface area contributed by atoms with Crippen molar-refractivity contribution in [2.45, 2.75) is 26.3 Å². The number of nitrogens with zero attached hydrogens (tertiary/aromatic N) is 1. The molecule has 0 aliphatic rings. The van der Waals surface area contributed by atoms with Crippen molar-refractivity contribution in [2.24, 2.45) is 0 Å². The number of benzene rings is 1. The highest BCUT2D eigenvalue weighted by molar-refractivity contribution is 5.31. The zero-order valence-electron chi connectivity index (χ0n) is 11.2. The molecule has 1 unspecified atom stereocenters. The molecule has 0 aliphatic heterocycles. The van der Waals surface area contributed by atoms with E-state index >= 15 is 0 Å². The van der Waals surface area contributed by atoms with Gasteiger partial charge < -0.3 is 10.2 Å². The summed E-state index contributed by atoms with van der Waals surface area (Å²) in [6.45, 7) is 5.42. The number of hydrogen-bond donors (Lipinski definition) is 1. The molecule has 0 fully saturated rings. The smallest absolute Gasteiger partial charge is 0.0232 e. The molecular formula is C14H24N2. The van der Waals surface area contributed by atoms with Crippen molar-refractivity contribution in [3.05, 3.63) is 34.9 Å². The Hall–Kier alpha value is -0.860. The molecule has 1 N–H and O–H groups in total. The average molecular weight is 220 g/mol. The molecule has 0 amide bonds. The van der Waals surface area contributed by atoms with E-state index in [4.69, 9.17) is 0 Å². The predicted octanol–water partition coefficient (Wildman–Crippen LogP) is 2.00. The third-order valence-corrected chi connectivity index (χ3v) is 2.96. The maximum atomic E-state index is 3.39. The molecule has 0 saturated carbocycles. The monoisotopic (exact) mass is 220 g/mol. The Labute approximate surface area is 99.7 Å². The minimum atomic E-state index is 0.524. The summed E-state index contributed by atoms with van der Waals surface area (Å²) in [7, 11) is 6.28. The lowest BCUT2D eigenvalue weighted by molar-refractivity contribution is 0.346. The van der Waals surface area contributed by atoms with Crippen LogP contribution < -0.4 is 5.32 Å². The lowest BCUT2D eigenvalue weighted by Crippen LogP contribution is -2.37. The van der Waals surface area contributed by atoms with Crippen LogP contribution in [0.5, 0.6) is 0 Å². The first-order valence-corrected chi connectivity index (χ1v) is 5.91. The maximum absolute atomic E-state index is 3.39. The van der Waals surface area contributed by atoms with Gasteiger partial charge in [-0.25, -0.2) is 0 Å². The summed E-state index contributed by atoms with van der Waals surface area (Å²) in [5.74, 6) is 0. The van der Waals surface area contributed by atoms with Crippen molar-refractivity contribution in [1.82, 2.24) is 10.2 Å². The summed E-state index contributed by atoms with van der Waals surface area (Å²) in [5, 5.41) is 3.39. The molecule has 1 rings (SSSR count). The summed E-state index contributed by atoms with van der Waals surface area (Å²) < 4.78 is 0. The molecule has 16 heavy (non-hydrogen) atoms. The fourth-order valence-corrected chi connectivity index (χ4v) is 1.98. The van der Waals surface area contributed by atoms with Gasteiger partial charge in [-0.15, -0.1) is 0 Å². The second-order valence-corrected chi connectivity index (χ2v) is 4.88. The van der Waals surface area contributed by atoms with Gasteiger partial charge in [0.05, 0.1) is 0 Å². The van der Waals surface area contributed by atoms with Crippen molar-refractivity contribution in [2.75, 3.05) is 27.7 Å². The largest absolute Gasteiger partial charge is 0.315 e. The van der Waals surface area contributed by atoms with Gasteiger partial charge in [-0.05, 0) is 52.5 Å². The molecule has 1 aromatic carbocycles. The van der Waals surface area contributed by atoms with Gasteiger partial charge in [-0.1, -0.05) is 23.8 Å². The van der Waals surface area contributed by atoms with Crippen LogP contribution in [0.3, 0.4) is 0 Å². The first kappa shape index (κ1) is 13.2. The molecule has 90 valence electrons. The summed E-state index contributed by atoms with van der Waals surface area (Å²) in [6, 6.07) is 7.22. The van der Waals surface area contributed by atoms with Gasteiger partial charge in [-0.2, -0.15) is 0 Å². The number of aryl methyl sites for hydroxylation is 2. The van der Waals surface area contributed by atoms with Crippen molar-refractivity contribution < 1.29 is 0 Å². The second kappa shape index (κ2) is 6.02. The fraction of sp³-hybridized carbons (Fsp3) is 0.571. The summed E-state index contributed by atoms with van der Waals surface area (Å²) in [5.41, 5.74) is 4.20. The van der Waals surface area contributed by atoms with E-state index in [1.807, 2.05) is 7.05 Å². The molecule has 0 aromatic heterocycles. The van der Waals surface area contributed by atoms with Crippen LogP contribution >= 0.6 is 0 Å². The van der Waals surface area contributed by atoms with Crippen molar-refractivity contribution in [1.29, 1.82) is 0 Å².